The Morgan fingerprint density at radius 1 is 0.909 bits per heavy atom. The summed E-state index contributed by atoms with van der Waals surface area (Å²) in [5, 5.41) is 0. The molecule has 0 nitrogen and oxygen atoms in total. The smallest absolute Gasteiger partial charge is 0.0679 e. The molecule has 0 aliphatic rings. The van der Waals surface area contributed by atoms with E-state index in [1.807, 2.05) is 6.92 Å². The Bertz CT molecular complexity index is 229. The highest BCUT2D eigenvalue weighted by atomic mass is 28.3. The molecule has 0 amide bonds. The number of allylic oxidation sites excluding steroid dienone is 1. The Morgan fingerprint density at radius 3 is 1.23 bits per heavy atom. The van der Waals surface area contributed by atoms with Crippen LogP contribution < -0.4 is 0 Å². The predicted molar refractivity (Wildman–Crippen MR) is 120 cm³/mol. The fraction of sp³-hybridized carbons (Fsp3) is 0.800. The average molecular weight is 347 g/mol. The standard InChI is InChI=1S/C10H24Si.C5H12Si.C3H6.2CH4/c1-7-10(8-9(2)3)11(4,5)6;1-5-6(2,3)4;1-3-2;;/h9-10H,7-8H2,1-6H3;5H,1H2,2-4H3;3H,1H2,2H3;2*1H4. The Kier molecular flexibility index (Phi) is 26.3. The van der Waals surface area contributed by atoms with Gasteiger partial charge >= 0.3 is 0 Å². The van der Waals surface area contributed by atoms with Crippen LogP contribution in [0.1, 0.15) is 55.4 Å². The first-order valence-electron chi connectivity index (χ1n) is 8.06. The molecule has 2 heteroatoms. The van der Waals surface area contributed by atoms with Crippen LogP contribution in [0.25, 0.3) is 0 Å². The largest absolute Gasteiger partial charge is 0.107 e. The van der Waals surface area contributed by atoms with Gasteiger partial charge in [0.1, 0.15) is 0 Å². The van der Waals surface area contributed by atoms with E-state index in [2.05, 4.69) is 78.9 Å². The van der Waals surface area contributed by atoms with Gasteiger partial charge in [-0.1, -0.05) is 93.8 Å². The minimum atomic E-state index is -0.867. The van der Waals surface area contributed by atoms with Gasteiger partial charge in [-0.15, -0.1) is 18.9 Å². The van der Waals surface area contributed by atoms with Crippen molar-refractivity contribution in [1.82, 2.24) is 0 Å². The Labute approximate surface area is 147 Å². The quantitative estimate of drug-likeness (QED) is 0.345. The van der Waals surface area contributed by atoms with Crippen LogP contribution in [0.4, 0.5) is 0 Å². The fourth-order valence-electron chi connectivity index (χ4n) is 1.70. The van der Waals surface area contributed by atoms with Crippen LogP contribution in [0.2, 0.25) is 44.8 Å². The maximum atomic E-state index is 3.69. The molecule has 0 saturated heterocycles. The third-order valence-electron chi connectivity index (χ3n) is 3.09. The Balaban J connectivity index is -0.0000000752. The molecule has 0 rings (SSSR count). The molecule has 0 radical (unpaired) electrons. The van der Waals surface area contributed by atoms with Gasteiger partial charge in [-0.2, -0.15) is 0 Å². The van der Waals surface area contributed by atoms with Crippen molar-refractivity contribution < 1.29 is 0 Å². The summed E-state index contributed by atoms with van der Waals surface area (Å²) in [6, 6.07) is 0. The van der Waals surface area contributed by atoms with Crippen molar-refractivity contribution in [3.05, 3.63) is 24.9 Å². The van der Waals surface area contributed by atoms with Gasteiger partial charge in [-0.05, 0) is 18.4 Å². The third-order valence-corrected chi connectivity index (χ3v) is 7.40. The monoisotopic (exact) mass is 346 g/mol. The zero-order chi connectivity index (χ0) is 17.0. The summed E-state index contributed by atoms with van der Waals surface area (Å²) < 4.78 is 0. The van der Waals surface area contributed by atoms with Crippen LogP contribution >= 0.6 is 0 Å². The predicted octanol–water partition coefficient (Wildman–Crippen LogP) is 8.67. The minimum absolute atomic E-state index is 0. The van der Waals surface area contributed by atoms with E-state index in [1.54, 1.807) is 6.08 Å². The summed E-state index contributed by atoms with van der Waals surface area (Å²) in [6.07, 6.45) is 4.57. The van der Waals surface area contributed by atoms with Gasteiger partial charge in [0.2, 0.25) is 0 Å². The SMILES string of the molecule is C.C.C=CC.C=C[Si](C)(C)C.CCC(CC(C)C)[Si](C)(C)C. The maximum absolute atomic E-state index is 3.69. The van der Waals surface area contributed by atoms with E-state index >= 15 is 0 Å². The van der Waals surface area contributed by atoms with E-state index in [9.17, 15) is 0 Å². The molecule has 0 N–H and O–H groups in total. The average Bonchev–Trinajstić information content (AvgIpc) is 2.25. The summed E-state index contributed by atoms with van der Waals surface area (Å²) >= 11 is 0. The van der Waals surface area contributed by atoms with Crippen molar-refractivity contribution in [2.24, 2.45) is 5.92 Å². The van der Waals surface area contributed by atoms with E-state index in [0.29, 0.717) is 0 Å². The van der Waals surface area contributed by atoms with Crippen LogP contribution in [-0.4, -0.2) is 16.1 Å². The molecular weight excluding hydrogens is 296 g/mol. The molecule has 0 aliphatic heterocycles. The first-order valence-corrected chi connectivity index (χ1v) is 15.2. The molecule has 0 fully saturated rings. The molecule has 0 aromatic heterocycles. The minimum Gasteiger partial charge on any atom is -0.107 e. The molecule has 138 valence electrons. The first kappa shape index (κ1) is 33.5. The van der Waals surface area contributed by atoms with Gasteiger partial charge in [-0.25, -0.2) is 0 Å². The van der Waals surface area contributed by atoms with Crippen molar-refractivity contribution in [2.75, 3.05) is 0 Å². The highest BCUT2D eigenvalue weighted by Gasteiger charge is 2.25. The first-order chi connectivity index (χ1) is 8.85. The zero-order valence-electron chi connectivity index (χ0n) is 16.1. The summed E-state index contributed by atoms with van der Waals surface area (Å²) in [5.74, 6) is 0.881. The van der Waals surface area contributed by atoms with Crippen molar-refractivity contribution >= 4 is 16.1 Å². The van der Waals surface area contributed by atoms with E-state index in [4.69, 9.17) is 0 Å². The van der Waals surface area contributed by atoms with Gasteiger partial charge in [0.15, 0.2) is 0 Å². The summed E-state index contributed by atoms with van der Waals surface area (Å²) in [4.78, 5) is 0. The van der Waals surface area contributed by atoms with E-state index in [1.165, 1.54) is 12.8 Å². The molecule has 0 heterocycles. The number of hydrogen-bond acceptors (Lipinski definition) is 0. The summed E-state index contributed by atoms with van der Waals surface area (Å²) in [7, 11) is -1.72. The van der Waals surface area contributed by atoms with Gasteiger partial charge in [0.05, 0.1) is 8.07 Å². The van der Waals surface area contributed by atoms with Gasteiger partial charge < -0.3 is 0 Å². The topological polar surface area (TPSA) is 0 Å². The molecule has 1 unspecified atom stereocenters. The lowest BCUT2D eigenvalue weighted by molar-refractivity contribution is 0.538. The Morgan fingerprint density at radius 2 is 1.18 bits per heavy atom. The highest BCUT2D eigenvalue weighted by Crippen LogP contribution is 2.31. The van der Waals surface area contributed by atoms with Gasteiger partial charge in [-0.3, -0.25) is 0 Å². The van der Waals surface area contributed by atoms with E-state index in [-0.39, 0.29) is 14.9 Å². The number of rotatable bonds is 5. The van der Waals surface area contributed by atoms with Gasteiger partial charge in [0.25, 0.3) is 0 Å². The molecular formula is C20H50Si2. The second-order valence-corrected chi connectivity index (χ2v) is 18.8. The fourth-order valence-corrected chi connectivity index (χ4v) is 4.10. The molecule has 0 aromatic rings. The molecule has 0 aliphatic carbocycles. The summed E-state index contributed by atoms with van der Waals surface area (Å²) in [5.41, 5.74) is 3.11. The second kappa shape index (κ2) is 17.3. The molecule has 1 atom stereocenters. The normalized spacial score (nSPS) is 11.4. The third kappa shape index (κ3) is 32.0. The molecule has 0 saturated carbocycles. The second-order valence-electron chi connectivity index (χ2n) is 8.08. The summed E-state index contributed by atoms with van der Waals surface area (Å²) in [6.45, 7) is 30.2. The maximum Gasteiger partial charge on any atom is 0.0679 e. The van der Waals surface area contributed by atoms with Crippen molar-refractivity contribution in [3.8, 4) is 0 Å². The van der Waals surface area contributed by atoms with Crippen molar-refractivity contribution in [3.63, 3.8) is 0 Å². The highest BCUT2D eigenvalue weighted by molar-refractivity contribution is 6.80. The number of hydrogen-bond donors (Lipinski definition) is 0. The van der Waals surface area contributed by atoms with Crippen LogP contribution in [0.15, 0.2) is 24.9 Å². The molecule has 0 aromatic carbocycles. The molecule has 0 bridgehead atoms. The molecule has 0 spiro atoms. The van der Waals surface area contributed by atoms with Crippen LogP contribution in [0.3, 0.4) is 0 Å². The van der Waals surface area contributed by atoms with E-state index < -0.39 is 16.1 Å². The van der Waals surface area contributed by atoms with Crippen LogP contribution in [0.5, 0.6) is 0 Å². The van der Waals surface area contributed by atoms with Crippen LogP contribution in [-0.2, 0) is 0 Å². The van der Waals surface area contributed by atoms with Crippen LogP contribution in [0, 0.1) is 5.92 Å². The molecule has 22 heavy (non-hydrogen) atoms. The lowest BCUT2D eigenvalue weighted by atomic mass is 10.1. The van der Waals surface area contributed by atoms with E-state index in [0.717, 1.165) is 11.5 Å². The Hall–Kier alpha value is -0.0862. The van der Waals surface area contributed by atoms with Gasteiger partial charge in [0, 0.05) is 8.07 Å². The van der Waals surface area contributed by atoms with Crippen molar-refractivity contribution in [2.45, 2.75) is 100 Å². The lowest BCUT2D eigenvalue weighted by Crippen LogP contribution is -2.28. The van der Waals surface area contributed by atoms with Crippen molar-refractivity contribution in [1.29, 1.82) is 0 Å². The lowest BCUT2D eigenvalue weighted by Gasteiger charge is -2.29. The zero-order valence-corrected chi connectivity index (χ0v) is 18.1.